The minimum atomic E-state index is -0.787. The molecule has 7 nitrogen and oxygen atoms in total. The molecule has 0 saturated heterocycles. The summed E-state index contributed by atoms with van der Waals surface area (Å²) in [6.45, 7) is 0.328. The Morgan fingerprint density at radius 2 is 1.78 bits per heavy atom. The monoisotopic (exact) mass is 373 g/mol. The largest absolute Gasteiger partial charge is 0.454 e. The van der Waals surface area contributed by atoms with E-state index < -0.39 is 11.8 Å². The predicted molar refractivity (Wildman–Crippen MR) is 97.0 cm³/mol. The minimum absolute atomic E-state index is 0.128. The Labute approximate surface area is 156 Å². The lowest BCUT2D eigenvalue weighted by Crippen LogP contribution is -2.40. The van der Waals surface area contributed by atoms with E-state index in [4.69, 9.17) is 9.47 Å². The highest BCUT2D eigenvalue weighted by Crippen LogP contribution is 2.34. The second kappa shape index (κ2) is 8.05. The number of rotatable bonds is 5. The van der Waals surface area contributed by atoms with Crippen molar-refractivity contribution in [1.29, 1.82) is 0 Å². The van der Waals surface area contributed by atoms with E-state index in [1.807, 2.05) is 19.0 Å². The van der Waals surface area contributed by atoms with Crippen molar-refractivity contribution in [3.05, 3.63) is 53.8 Å². The fourth-order valence-electron chi connectivity index (χ4n) is 2.72. The van der Waals surface area contributed by atoms with Crippen LogP contribution in [0, 0.1) is 5.82 Å². The summed E-state index contributed by atoms with van der Waals surface area (Å²) in [5.41, 5.74) is 1.26. The quantitative estimate of drug-likeness (QED) is 0.783. The summed E-state index contributed by atoms with van der Waals surface area (Å²) in [4.78, 5) is 26.1. The van der Waals surface area contributed by atoms with Crippen LogP contribution in [0.3, 0.4) is 0 Å². The molecule has 2 amide bonds. The Balaban J connectivity index is 1.58. The van der Waals surface area contributed by atoms with Crippen molar-refractivity contribution in [2.75, 3.05) is 32.7 Å². The molecule has 1 aliphatic rings. The van der Waals surface area contributed by atoms with E-state index in [0.29, 0.717) is 17.2 Å². The van der Waals surface area contributed by atoms with Gasteiger partial charge >= 0.3 is 11.8 Å². The summed E-state index contributed by atoms with van der Waals surface area (Å²) in [5.74, 6) is -0.779. The van der Waals surface area contributed by atoms with Crippen LogP contribution in [0.4, 0.5) is 10.1 Å². The van der Waals surface area contributed by atoms with Gasteiger partial charge in [0.25, 0.3) is 0 Å². The Hall–Kier alpha value is -3.13. The van der Waals surface area contributed by atoms with Crippen LogP contribution in [-0.4, -0.2) is 44.1 Å². The minimum Gasteiger partial charge on any atom is -0.454 e. The third-order valence-electron chi connectivity index (χ3n) is 4.17. The Bertz CT molecular complexity index is 839. The molecular formula is C19H20FN3O4. The van der Waals surface area contributed by atoms with Gasteiger partial charge in [-0.3, -0.25) is 9.59 Å². The molecule has 0 aliphatic carbocycles. The molecule has 2 aromatic carbocycles. The smallest absolute Gasteiger partial charge is 0.313 e. The van der Waals surface area contributed by atoms with Gasteiger partial charge in [-0.1, -0.05) is 12.1 Å². The summed E-state index contributed by atoms with van der Waals surface area (Å²) >= 11 is 0. The molecular weight excluding hydrogens is 353 g/mol. The molecule has 1 aliphatic heterocycles. The topological polar surface area (TPSA) is 79.9 Å². The van der Waals surface area contributed by atoms with E-state index in [2.05, 4.69) is 10.6 Å². The van der Waals surface area contributed by atoms with E-state index in [9.17, 15) is 14.0 Å². The molecule has 142 valence electrons. The van der Waals surface area contributed by atoms with Gasteiger partial charge in [-0.25, -0.2) is 4.39 Å². The SMILES string of the molecule is CN(C)[C@@H](CNC(=O)C(=O)Nc1ccc2c(c1)OCO2)c1ccc(F)cc1. The number of hydrogen-bond donors (Lipinski definition) is 2. The summed E-state index contributed by atoms with van der Waals surface area (Å²) in [5, 5.41) is 5.13. The highest BCUT2D eigenvalue weighted by atomic mass is 19.1. The highest BCUT2D eigenvalue weighted by molar-refractivity contribution is 6.39. The number of benzene rings is 2. The predicted octanol–water partition coefficient (Wildman–Crippen LogP) is 1.91. The highest BCUT2D eigenvalue weighted by Gasteiger charge is 2.20. The van der Waals surface area contributed by atoms with Crippen LogP contribution in [0.5, 0.6) is 11.5 Å². The second-order valence-electron chi connectivity index (χ2n) is 6.26. The molecule has 0 saturated carbocycles. The van der Waals surface area contributed by atoms with Gasteiger partial charge in [0, 0.05) is 18.3 Å². The number of anilines is 1. The third kappa shape index (κ3) is 4.53. The van der Waals surface area contributed by atoms with Gasteiger partial charge in [0.1, 0.15) is 5.82 Å². The number of fused-ring (bicyclic) bond motifs is 1. The van der Waals surface area contributed by atoms with Gasteiger partial charge < -0.3 is 25.0 Å². The number of carbonyl (C=O) groups excluding carboxylic acids is 2. The van der Waals surface area contributed by atoms with E-state index >= 15 is 0 Å². The molecule has 0 unspecified atom stereocenters. The average molecular weight is 373 g/mol. The number of hydrogen-bond acceptors (Lipinski definition) is 5. The van der Waals surface area contributed by atoms with Crippen LogP contribution in [0.15, 0.2) is 42.5 Å². The number of carbonyl (C=O) groups is 2. The molecule has 0 radical (unpaired) electrons. The Morgan fingerprint density at radius 1 is 1.07 bits per heavy atom. The molecule has 1 atom stereocenters. The van der Waals surface area contributed by atoms with Gasteiger partial charge in [0.05, 0.1) is 6.04 Å². The van der Waals surface area contributed by atoms with Crippen LogP contribution < -0.4 is 20.1 Å². The second-order valence-corrected chi connectivity index (χ2v) is 6.26. The maximum Gasteiger partial charge on any atom is 0.313 e. The number of halogens is 1. The first-order chi connectivity index (χ1) is 12.9. The zero-order chi connectivity index (χ0) is 19.4. The van der Waals surface area contributed by atoms with Gasteiger partial charge in [0.15, 0.2) is 11.5 Å². The van der Waals surface area contributed by atoms with E-state index in [1.54, 1.807) is 30.3 Å². The van der Waals surface area contributed by atoms with E-state index in [0.717, 1.165) is 5.56 Å². The summed E-state index contributed by atoms with van der Waals surface area (Å²) < 4.78 is 23.5. The van der Waals surface area contributed by atoms with Crippen molar-refractivity contribution < 1.29 is 23.5 Å². The molecule has 27 heavy (non-hydrogen) atoms. The van der Waals surface area contributed by atoms with Crippen LogP contribution in [0.25, 0.3) is 0 Å². The number of amides is 2. The van der Waals surface area contributed by atoms with Crippen LogP contribution >= 0.6 is 0 Å². The summed E-state index contributed by atoms with van der Waals surface area (Å²) in [6.07, 6.45) is 0. The van der Waals surface area contributed by atoms with Crippen LogP contribution in [0.1, 0.15) is 11.6 Å². The molecule has 3 rings (SSSR count). The first kappa shape index (κ1) is 18.7. The molecule has 2 aromatic rings. The molecule has 2 N–H and O–H groups in total. The van der Waals surface area contributed by atoms with E-state index in [-0.39, 0.29) is 25.2 Å². The van der Waals surface area contributed by atoms with Crippen molar-refractivity contribution >= 4 is 17.5 Å². The first-order valence-electron chi connectivity index (χ1n) is 8.35. The Morgan fingerprint density at radius 3 is 2.48 bits per heavy atom. The molecule has 8 heteroatoms. The molecule has 0 fully saturated rings. The molecule has 0 bridgehead atoms. The number of likely N-dealkylation sites (N-methyl/N-ethyl adjacent to an activating group) is 1. The lowest BCUT2D eigenvalue weighted by atomic mass is 10.1. The Kier molecular flexibility index (Phi) is 5.56. The van der Waals surface area contributed by atoms with Gasteiger partial charge in [0.2, 0.25) is 6.79 Å². The maximum absolute atomic E-state index is 13.1. The normalized spacial score (nSPS) is 13.3. The summed E-state index contributed by atoms with van der Waals surface area (Å²) in [7, 11) is 3.68. The van der Waals surface area contributed by atoms with Gasteiger partial charge in [-0.15, -0.1) is 0 Å². The zero-order valence-corrected chi connectivity index (χ0v) is 15.0. The molecule has 0 aromatic heterocycles. The lowest BCUT2D eigenvalue weighted by Gasteiger charge is -2.25. The van der Waals surface area contributed by atoms with Crippen molar-refractivity contribution in [3.8, 4) is 11.5 Å². The number of ether oxygens (including phenoxy) is 2. The third-order valence-corrected chi connectivity index (χ3v) is 4.17. The van der Waals surface area contributed by atoms with E-state index in [1.165, 1.54) is 12.1 Å². The van der Waals surface area contributed by atoms with Crippen molar-refractivity contribution in [2.24, 2.45) is 0 Å². The van der Waals surface area contributed by atoms with Crippen LogP contribution in [-0.2, 0) is 9.59 Å². The fourth-order valence-corrected chi connectivity index (χ4v) is 2.72. The van der Waals surface area contributed by atoms with Crippen LogP contribution in [0.2, 0.25) is 0 Å². The first-order valence-corrected chi connectivity index (χ1v) is 8.35. The maximum atomic E-state index is 13.1. The summed E-state index contributed by atoms with van der Waals surface area (Å²) in [6, 6.07) is 10.7. The van der Waals surface area contributed by atoms with Crippen molar-refractivity contribution in [3.63, 3.8) is 0 Å². The fraction of sp³-hybridized carbons (Fsp3) is 0.263. The van der Waals surface area contributed by atoms with Gasteiger partial charge in [-0.2, -0.15) is 0 Å². The number of nitrogens with one attached hydrogen (secondary N) is 2. The van der Waals surface area contributed by atoms with Crippen molar-refractivity contribution in [1.82, 2.24) is 10.2 Å². The van der Waals surface area contributed by atoms with Crippen molar-refractivity contribution in [2.45, 2.75) is 6.04 Å². The molecule has 1 heterocycles. The van der Waals surface area contributed by atoms with Gasteiger partial charge in [-0.05, 0) is 43.9 Å². The number of nitrogens with zero attached hydrogens (tertiary/aromatic N) is 1. The standard InChI is InChI=1S/C19H20FN3O4/c1-23(2)15(12-3-5-13(20)6-4-12)10-21-18(24)19(25)22-14-7-8-16-17(9-14)27-11-26-16/h3-9,15H,10-11H2,1-2H3,(H,21,24)(H,22,25)/t15-/m0/s1. The molecule has 0 spiro atoms. The lowest BCUT2D eigenvalue weighted by molar-refractivity contribution is -0.136. The average Bonchev–Trinajstić information content (AvgIpc) is 3.10. The zero-order valence-electron chi connectivity index (χ0n) is 15.0.